The first-order chi connectivity index (χ1) is 10.3. The van der Waals surface area contributed by atoms with E-state index < -0.39 is 0 Å². The highest BCUT2D eigenvalue weighted by atomic mass is 35.5. The van der Waals surface area contributed by atoms with Gasteiger partial charge in [0.15, 0.2) is 0 Å². The van der Waals surface area contributed by atoms with Crippen LogP contribution >= 0.6 is 11.6 Å². The van der Waals surface area contributed by atoms with Crippen molar-refractivity contribution < 1.29 is 0 Å². The zero-order valence-electron chi connectivity index (χ0n) is 12.0. The Kier molecular flexibility index (Phi) is 4.23. The van der Waals surface area contributed by atoms with Crippen molar-refractivity contribution in [1.29, 1.82) is 0 Å². The Labute approximate surface area is 129 Å². The third kappa shape index (κ3) is 2.94. The molecular weight excluding hydrogens is 282 g/mol. The van der Waals surface area contributed by atoms with E-state index in [-0.39, 0.29) is 0 Å². The van der Waals surface area contributed by atoms with Gasteiger partial charge >= 0.3 is 0 Å². The number of nitrogens with one attached hydrogen (secondary N) is 1. The molecule has 0 saturated carbocycles. The van der Waals surface area contributed by atoms with Crippen LogP contribution in [0.15, 0.2) is 48.8 Å². The molecule has 0 unspecified atom stereocenters. The second-order valence-electron chi connectivity index (χ2n) is 5.05. The van der Waals surface area contributed by atoms with Crippen LogP contribution in [0.4, 0.5) is 0 Å². The smallest absolute Gasteiger partial charge is 0.100 e. The van der Waals surface area contributed by atoms with Gasteiger partial charge in [-0.3, -0.25) is 4.57 Å². The molecule has 0 atom stereocenters. The molecule has 0 saturated heterocycles. The van der Waals surface area contributed by atoms with Crippen molar-refractivity contribution >= 4 is 22.6 Å². The van der Waals surface area contributed by atoms with Crippen molar-refractivity contribution in [3.63, 3.8) is 0 Å². The second kappa shape index (κ2) is 6.29. The van der Waals surface area contributed by atoms with E-state index >= 15 is 0 Å². The van der Waals surface area contributed by atoms with Crippen molar-refractivity contribution in [3.05, 3.63) is 59.4 Å². The van der Waals surface area contributed by atoms with Crippen molar-refractivity contribution in [2.75, 3.05) is 6.54 Å². The van der Waals surface area contributed by atoms with Crippen molar-refractivity contribution in [2.45, 2.75) is 19.9 Å². The molecule has 0 spiro atoms. The average Bonchev–Trinajstić information content (AvgIpc) is 2.92. The maximum absolute atomic E-state index is 6.16. The van der Waals surface area contributed by atoms with Crippen LogP contribution in [0.2, 0.25) is 5.02 Å². The molecule has 108 valence electrons. The van der Waals surface area contributed by atoms with Gasteiger partial charge in [0, 0.05) is 11.6 Å². The fourth-order valence-corrected chi connectivity index (χ4v) is 2.68. The molecule has 21 heavy (non-hydrogen) atoms. The zero-order chi connectivity index (χ0) is 14.7. The molecule has 0 bridgehead atoms. The van der Waals surface area contributed by atoms with E-state index in [1.807, 2.05) is 36.7 Å². The summed E-state index contributed by atoms with van der Waals surface area (Å²) in [5.41, 5.74) is 4.41. The first-order valence-corrected chi connectivity index (χ1v) is 7.59. The van der Waals surface area contributed by atoms with Gasteiger partial charge in [0.1, 0.15) is 6.33 Å². The summed E-state index contributed by atoms with van der Waals surface area (Å²) in [4.78, 5) is 4.46. The highest BCUT2D eigenvalue weighted by molar-refractivity contribution is 6.30. The fraction of sp³-hybridized carbons (Fsp3) is 0.235. The van der Waals surface area contributed by atoms with E-state index in [9.17, 15) is 0 Å². The Hall–Kier alpha value is -1.84. The van der Waals surface area contributed by atoms with E-state index in [0.717, 1.165) is 41.3 Å². The van der Waals surface area contributed by atoms with Crippen LogP contribution in [0, 0.1) is 0 Å². The summed E-state index contributed by atoms with van der Waals surface area (Å²) < 4.78 is 2.12. The SMILES string of the molecule is CCCNCc1cc(Cl)ccc1-n1cnc2ccccc21. The molecule has 0 radical (unpaired) electrons. The van der Waals surface area contributed by atoms with Crippen LogP contribution in [0.5, 0.6) is 0 Å². The van der Waals surface area contributed by atoms with Gasteiger partial charge in [-0.1, -0.05) is 30.7 Å². The Balaban J connectivity index is 2.04. The van der Waals surface area contributed by atoms with Gasteiger partial charge in [-0.25, -0.2) is 4.98 Å². The molecule has 0 amide bonds. The first kappa shape index (κ1) is 14.1. The maximum atomic E-state index is 6.16. The summed E-state index contributed by atoms with van der Waals surface area (Å²) in [6.07, 6.45) is 2.99. The van der Waals surface area contributed by atoms with Gasteiger partial charge in [-0.2, -0.15) is 0 Å². The minimum absolute atomic E-state index is 0.761. The summed E-state index contributed by atoms with van der Waals surface area (Å²) in [6.45, 7) is 3.96. The molecule has 3 aromatic rings. The van der Waals surface area contributed by atoms with Gasteiger partial charge in [-0.15, -0.1) is 0 Å². The summed E-state index contributed by atoms with van der Waals surface area (Å²) in [6, 6.07) is 14.1. The number of imidazole rings is 1. The number of aromatic nitrogens is 2. The predicted molar refractivity (Wildman–Crippen MR) is 88.1 cm³/mol. The number of nitrogens with zero attached hydrogens (tertiary/aromatic N) is 2. The molecule has 1 heterocycles. The predicted octanol–water partition coefficient (Wildman–Crippen LogP) is 4.18. The number of halogens is 1. The summed E-state index contributed by atoms with van der Waals surface area (Å²) in [5.74, 6) is 0. The lowest BCUT2D eigenvalue weighted by atomic mass is 10.1. The standard InChI is InChI=1S/C17H18ClN3/c1-2-9-19-11-13-10-14(18)7-8-16(13)21-12-20-15-5-3-4-6-17(15)21/h3-8,10,12,19H,2,9,11H2,1H3. The molecule has 4 heteroatoms. The van der Waals surface area contributed by atoms with Crippen molar-refractivity contribution in [2.24, 2.45) is 0 Å². The number of rotatable bonds is 5. The minimum Gasteiger partial charge on any atom is -0.313 e. The van der Waals surface area contributed by atoms with E-state index in [0.29, 0.717) is 0 Å². The maximum Gasteiger partial charge on any atom is 0.100 e. The fourth-order valence-electron chi connectivity index (χ4n) is 2.48. The summed E-state index contributed by atoms with van der Waals surface area (Å²) in [7, 11) is 0. The highest BCUT2D eigenvalue weighted by Gasteiger charge is 2.09. The minimum atomic E-state index is 0.761. The molecule has 3 rings (SSSR count). The molecule has 0 fully saturated rings. The third-order valence-corrected chi connectivity index (χ3v) is 3.73. The summed E-state index contributed by atoms with van der Waals surface area (Å²) >= 11 is 6.16. The van der Waals surface area contributed by atoms with E-state index in [4.69, 9.17) is 11.6 Å². The molecule has 0 aliphatic carbocycles. The lowest BCUT2D eigenvalue weighted by molar-refractivity contribution is 0.673. The number of para-hydroxylation sites is 2. The Morgan fingerprint density at radius 3 is 2.90 bits per heavy atom. The van der Waals surface area contributed by atoms with E-state index in [1.54, 1.807) is 0 Å². The molecule has 1 aromatic heterocycles. The molecule has 0 aliphatic heterocycles. The van der Waals surface area contributed by atoms with Crippen molar-refractivity contribution in [1.82, 2.24) is 14.9 Å². The summed E-state index contributed by atoms with van der Waals surface area (Å²) in [5, 5.41) is 4.20. The number of benzene rings is 2. The van der Waals surface area contributed by atoms with Crippen LogP contribution in [0.3, 0.4) is 0 Å². The van der Waals surface area contributed by atoms with Gasteiger partial charge < -0.3 is 5.32 Å². The van der Waals surface area contributed by atoms with Gasteiger partial charge in [0.25, 0.3) is 0 Å². The topological polar surface area (TPSA) is 29.9 Å². The first-order valence-electron chi connectivity index (χ1n) is 7.21. The normalized spacial score (nSPS) is 11.1. The van der Waals surface area contributed by atoms with Crippen molar-refractivity contribution in [3.8, 4) is 5.69 Å². The molecule has 3 nitrogen and oxygen atoms in total. The van der Waals surface area contributed by atoms with Gasteiger partial charge in [-0.05, 0) is 48.9 Å². The van der Waals surface area contributed by atoms with Crippen LogP contribution in [-0.2, 0) is 6.54 Å². The molecule has 2 aromatic carbocycles. The van der Waals surface area contributed by atoms with Gasteiger partial charge in [0.05, 0.1) is 16.7 Å². The number of hydrogen-bond acceptors (Lipinski definition) is 2. The second-order valence-corrected chi connectivity index (χ2v) is 5.49. The number of hydrogen-bond donors (Lipinski definition) is 1. The third-order valence-electron chi connectivity index (χ3n) is 3.50. The lowest BCUT2D eigenvalue weighted by Gasteiger charge is -2.12. The molecular formula is C17H18ClN3. The number of fused-ring (bicyclic) bond motifs is 1. The lowest BCUT2D eigenvalue weighted by Crippen LogP contribution is -2.15. The van der Waals surface area contributed by atoms with E-state index in [1.165, 1.54) is 5.56 Å². The monoisotopic (exact) mass is 299 g/mol. The van der Waals surface area contributed by atoms with Crippen LogP contribution in [0.25, 0.3) is 16.7 Å². The van der Waals surface area contributed by atoms with Crippen LogP contribution < -0.4 is 5.32 Å². The Morgan fingerprint density at radius 1 is 1.19 bits per heavy atom. The van der Waals surface area contributed by atoms with Crippen LogP contribution in [-0.4, -0.2) is 16.1 Å². The molecule has 0 aliphatic rings. The largest absolute Gasteiger partial charge is 0.313 e. The Morgan fingerprint density at radius 2 is 2.05 bits per heavy atom. The van der Waals surface area contributed by atoms with Gasteiger partial charge in [0.2, 0.25) is 0 Å². The highest BCUT2D eigenvalue weighted by Crippen LogP contribution is 2.23. The molecule has 1 N–H and O–H groups in total. The Bertz CT molecular complexity index is 749. The quantitative estimate of drug-likeness (QED) is 0.716. The van der Waals surface area contributed by atoms with Crippen LogP contribution in [0.1, 0.15) is 18.9 Å². The van der Waals surface area contributed by atoms with E-state index in [2.05, 4.69) is 33.9 Å². The average molecular weight is 300 g/mol. The zero-order valence-corrected chi connectivity index (χ0v) is 12.8.